The van der Waals surface area contributed by atoms with Crippen LogP contribution in [0.4, 0.5) is 5.69 Å². The van der Waals surface area contributed by atoms with Gasteiger partial charge in [-0.3, -0.25) is 4.79 Å². The van der Waals surface area contributed by atoms with Gasteiger partial charge in [-0.15, -0.1) is 0 Å². The van der Waals surface area contributed by atoms with E-state index in [0.717, 1.165) is 46.7 Å². The van der Waals surface area contributed by atoms with Gasteiger partial charge in [-0.1, -0.05) is 11.2 Å². The van der Waals surface area contributed by atoms with Gasteiger partial charge in [0.1, 0.15) is 17.3 Å². The maximum absolute atomic E-state index is 14.0. The molecule has 0 spiro atoms. The van der Waals surface area contributed by atoms with Crippen LogP contribution in [-0.4, -0.2) is 29.7 Å². The molecule has 7 heteroatoms. The minimum atomic E-state index is -0.118. The van der Waals surface area contributed by atoms with Crippen molar-refractivity contribution in [1.29, 1.82) is 0 Å². The van der Waals surface area contributed by atoms with E-state index in [1.165, 1.54) is 0 Å². The molecule has 0 saturated heterocycles. The minimum absolute atomic E-state index is 0.118. The van der Waals surface area contributed by atoms with Crippen LogP contribution in [0, 0.1) is 27.7 Å². The molecule has 0 atom stereocenters. The average Bonchev–Trinajstić information content (AvgIpc) is 3.33. The number of rotatable bonds is 3. The molecule has 4 heterocycles. The predicted octanol–water partition coefficient (Wildman–Crippen LogP) is 5.32. The fourth-order valence-corrected chi connectivity index (χ4v) is 4.65. The first-order valence-corrected chi connectivity index (χ1v) is 10.7. The quantitative estimate of drug-likeness (QED) is 0.437. The lowest BCUT2D eigenvalue weighted by atomic mass is 9.95. The van der Waals surface area contributed by atoms with E-state index >= 15 is 0 Å². The van der Waals surface area contributed by atoms with Crippen LogP contribution in [0.5, 0.6) is 5.75 Å². The van der Waals surface area contributed by atoms with Crippen molar-refractivity contribution in [2.75, 3.05) is 18.6 Å². The number of nitrogens with zero attached hydrogens (tertiary/aromatic N) is 3. The number of carbonyl (C=O) groups is 1. The molecule has 0 fully saturated rings. The summed E-state index contributed by atoms with van der Waals surface area (Å²) in [5.41, 5.74) is 6.10. The van der Waals surface area contributed by atoms with E-state index < -0.39 is 0 Å². The maximum Gasteiger partial charge on any atom is 0.259 e. The molecule has 0 aliphatic carbocycles. The second-order valence-electron chi connectivity index (χ2n) is 8.30. The number of hydrogen-bond donors (Lipinski definition) is 0. The van der Waals surface area contributed by atoms with Gasteiger partial charge >= 0.3 is 0 Å². The normalized spacial score (nSPS) is 13.5. The number of aromatic nitrogens is 2. The van der Waals surface area contributed by atoms with Crippen molar-refractivity contribution >= 4 is 22.7 Å². The molecule has 1 amide bonds. The Morgan fingerprint density at radius 3 is 2.69 bits per heavy atom. The largest absolute Gasteiger partial charge is 0.495 e. The third-order valence-corrected chi connectivity index (χ3v) is 6.19. The van der Waals surface area contributed by atoms with Crippen LogP contribution in [0.1, 0.15) is 45.1 Å². The van der Waals surface area contributed by atoms with E-state index in [4.69, 9.17) is 13.7 Å². The molecular weight excluding hydrogens is 406 g/mol. The number of aryl methyl sites for hydroxylation is 4. The van der Waals surface area contributed by atoms with Crippen molar-refractivity contribution in [3.05, 3.63) is 58.2 Å². The minimum Gasteiger partial charge on any atom is -0.495 e. The summed E-state index contributed by atoms with van der Waals surface area (Å²) in [4.78, 5) is 20.5. The lowest BCUT2D eigenvalue weighted by Gasteiger charge is -2.32. The highest BCUT2D eigenvalue weighted by Crippen LogP contribution is 2.40. The molecule has 0 saturated carbocycles. The second kappa shape index (κ2) is 7.51. The molecule has 1 aromatic carbocycles. The summed E-state index contributed by atoms with van der Waals surface area (Å²) >= 11 is 0. The van der Waals surface area contributed by atoms with Crippen LogP contribution in [0.3, 0.4) is 0 Å². The Balaban J connectivity index is 1.71. The summed E-state index contributed by atoms with van der Waals surface area (Å²) in [5.74, 6) is 2.11. The number of fused-ring (bicyclic) bond motifs is 2. The lowest BCUT2D eigenvalue weighted by molar-refractivity contribution is 0.0986. The van der Waals surface area contributed by atoms with Crippen molar-refractivity contribution in [2.45, 2.75) is 40.5 Å². The number of methoxy groups -OCH3 is 1. The van der Waals surface area contributed by atoms with Gasteiger partial charge in [0.05, 0.1) is 35.1 Å². The number of carbonyl (C=O) groups excluding carboxylic acids is 1. The number of furan rings is 1. The van der Waals surface area contributed by atoms with Crippen molar-refractivity contribution in [1.82, 2.24) is 10.1 Å². The first-order valence-electron chi connectivity index (χ1n) is 10.7. The van der Waals surface area contributed by atoms with Crippen molar-refractivity contribution < 1.29 is 18.5 Å². The summed E-state index contributed by atoms with van der Waals surface area (Å²) in [7, 11) is 1.64. The summed E-state index contributed by atoms with van der Waals surface area (Å²) in [5, 5.41) is 4.72. The number of amides is 1. The summed E-state index contributed by atoms with van der Waals surface area (Å²) in [6, 6.07) is 7.71. The molecule has 7 nitrogen and oxygen atoms in total. The van der Waals surface area contributed by atoms with Gasteiger partial charge in [0.2, 0.25) is 0 Å². The van der Waals surface area contributed by atoms with Crippen LogP contribution in [0.2, 0.25) is 0 Å². The zero-order valence-corrected chi connectivity index (χ0v) is 18.9. The first kappa shape index (κ1) is 20.3. The molecule has 1 aliphatic heterocycles. The maximum atomic E-state index is 14.0. The van der Waals surface area contributed by atoms with Crippen molar-refractivity contribution in [2.24, 2.45) is 0 Å². The monoisotopic (exact) mass is 431 g/mol. The molecule has 5 rings (SSSR count). The lowest BCUT2D eigenvalue weighted by Crippen LogP contribution is -2.36. The first-order chi connectivity index (χ1) is 15.4. The Bertz CT molecular complexity index is 1370. The molecule has 0 unspecified atom stereocenters. The highest BCUT2D eigenvalue weighted by atomic mass is 16.5. The molecule has 0 radical (unpaired) electrons. The number of benzene rings is 1. The van der Waals surface area contributed by atoms with Gasteiger partial charge in [0.25, 0.3) is 11.6 Å². The van der Waals surface area contributed by atoms with Crippen LogP contribution in [-0.2, 0) is 6.42 Å². The second-order valence-corrected chi connectivity index (χ2v) is 8.30. The molecule has 164 valence electrons. The highest BCUT2D eigenvalue weighted by molar-refractivity contribution is 6.15. The van der Waals surface area contributed by atoms with Gasteiger partial charge in [-0.25, -0.2) is 4.98 Å². The van der Waals surface area contributed by atoms with Gasteiger partial charge in [-0.2, -0.15) is 0 Å². The fraction of sp³-hybridized carbons (Fsp3) is 0.320. The van der Waals surface area contributed by atoms with Crippen molar-refractivity contribution in [3.63, 3.8) is 0 Å². The third kappa shape index (κ3) is 3.07. The zero-order chi connectivity index (χ0) is 22.6. The summed E-state index contributed by atoms with van der Waals surface area (Å²) in [6.07, 6.45) is 1.80. The SMILES string of the molecule is COc1ccc(C)c2c1N(C(=O)c1cc(-c3cc(C)oc3C)nc3onc(C)c13)CCC2. The number of ether oxygens (including phenoxy) is 1. The highest BCUT2D eigenvalue weighted by Gasteiger charge is 2.31. The fourth-order valence-electron chi connectivity index (χ4n) is 4.65. The Morgan fingerprint density at radius 2 is 1.97 bits per heavy atom. The van der Waals surface area contributed by atoms with Gasteiger partial charge < -0.3 is 18.6 Å². The van der Waals surface area contributed by atoms with Crippen LogP contribution >= 0.6 is 0 Å². The topological polar surface area (TPSA) is 81.6 Å². The molecule has 0 N–H and O–H groups in total. The van der Waals surface area contributed by atoms with Gasteiger partial charge in [0, 0.05) is 12.1 Å². The van der Waals surface area contributed by atoms with E-state index in [1.807, 2.05) is 49.9 Å². The average molecular weight is 431 g/mol. The van der Waals surface area contributed by atoms with Gasteiger partial charge in [-0.05, 0) is 69.9 Å². The Kier molecular flexibility index (Phi) is 4.77. The Labute approximate surface area is 186 Å². The molecule has 32 heavy (non-hydrogen) atoms. The standard InChI is InChI=1S/C25H25N3O4/c1-13-8-9-21(30-5)23-17(13)7-6-10-28(23)25(29)19-12-20(18-11-14(2)31-16(18)4)26-24-22(19)15(3)27-32-24/h8-9,11-12H,6-7,10H2,1-5H3. The molecule has 3 aromatic heterocycles. The molecule has 1 aliphatic rings. The summed E-state index contributed by atoms with van der Waals surface area (Å²) < 4.78 is 16.8. The van der Waals surface area contributed by atoms with E-state index in [1.54, 1.807) is 7.11 Å². The number of hydrogen-bond acceptors (Lipinski definition) is 6. The third-order valence-electron chi connectivity index (χ3n) is 6.19. The van der Waals surface area contributed by atoms with Crippen molar-refractivity contribution in [3.8, 4) is 17.0 Å². The number of pyridine rings is 1. The van der Waals surface area contributed by atoms with E-state index in [9.17, 15) is 4.79 Å². The molecule has 4 aromatic rings. The Hall–Kier alpha value is -3.61. The van der Waals surface area contributed by atoms with E-state index in [2.05, 4.69) is 17.1 Å². The smallest absolute Gasteiger partial charge is 0.259 e. The van der Waals surface area contributed by atoms with Gasteiger partial charge in [0.15, 0.2) is 0 Å². The zero-order valence-electron chi connectivity index (χ0n) is 18.9. The molecular formula is C25H25N3O4. The predicted molar refractivity (Wildman–Crippen MR) is 121 cm³/mol. The van der Waals surface area contributed by atoms with E-state index in [0.29, 0.717) is 40.3 Å². The summed E-state index contributed by atoms with van der Waals surface area (Å²) in [6.45, 7) is 8.28. The van der Waals surface area contributed by atoms with Crippen LogP contribution in [0.15, 0.2) is 33.2 Å². The van der Waals surface area contributed by atoms with E-state index in [-0.39, 0.29) is 5.91 Å². The Morgan fingerprint density at radius 1 is 1.16 bits per heavy atom. The van der Waals surface area contributed by atoms with Crippen LogP contribution in [0.25, 0.3) is 22.4 Å². The molecule has 0 bridgehead atoms. The van der Waals surface area contributed by atoms with Crippen LogP contribution < -0.4 is 9.64 Å². The number of anilines is 1.